The summed E-state index contributed by atoms with van der Waals surface area (Å²) in [6.45, 7) is 3.24. The third-order valence-electron chi connectivity index (χ3n) is 4.83. The maximum absolute atomic E-state index is 12.8. The Morgan fingerprint density at radius 1 is 0.923 bits per heavy atom. The molecule has 26 heavy (non-hydrogen) atoms. The molecule has 1 fully saturated rings. The molecule has 3 heterocycles. The molecular weight excluding hydrogens is 328 g/mol. The fourth-order valence-corrected chi connectivity index (χ4v) is 3.20. The maximum Gasteiger partial charge on any atom is 0.253 e. The number of nitrogens with zero attached hydrogens (tertiary/aromatic N) is 4. The number of piperazine rings is 1. The van der Waals surface area contributed by atoms with Crippen LogP contribution >= 0.6 is 0 Å². The number of imidazole rings is 1. The minimum Gasteiger partial charge on any atom is -0.336 e. The number of amides is 1. The Bertz CT molecular complexity index is 953. The summed E-state index contributed by atoms with van der Waals surface area (Å²) in [7, 11) is 2.06. The first-order valence-corrected chi connectivity index (χ1v) is 8.68. The average molecular weight is 348 g/mol. The van der Waals surface area contributed by atoms with E-state index in [2.05, 4.69) is 16.9 Å². The van der Waals surface area contributed by atoms with Crippen LogP contribution in [0.2, 0.25) is 0 Å². The van der Waals surface area contributed by atoms with Gasteiger partial charge in [0.2, 0.25) is 5.78 Å². The summed E-state index contributed by atoms with van der Waals surface area (Å²) in [6.07, 6.45) is 3.40. The van der Waals surface area contributed by atoms with Crippen molar-refractivity contribution >= 4 is 17.3 Å². The van der Waals surface area contributed by atoms with E-state index in [1.165, 1.54) is 0 Å². The van der Waals surface area contributed by atoms with E-state index >= 15 is 0 Å². The molecule has 0 atom stereocenters. The van der Waals surface area contributed by atoms with E-state index in [9.17, 15) is 9.59 Å². The lowest BCUT2D eigenvalue weighted by atomic mass is 10.1. The van der Waals surface area contributed by atoms with E-state index in [4.69, 9.17) is 0 Å². The summed E-state index contributed by atoms with van der Waals surface area (Å²) in [5.74, 6) is -0.0887. The van der Waals surface area contributed by atoms with Gasteiger partial charge in [0.25, 0.3) is 5.91 Å². The van der Waals surface area contributed by atoms with Gasteiger partial charge in [0.15, 0.2) is 0 Å². The Kier molecular flexibility index (Phi) is 4.26. The lowest BCUT2D eigenvalue weighted by molar-refractivity contribution is 0.0664. The first kappa shape index (κ1) is 16.5. The monoisotopic (exact) mass is 348 g/mol. The van der Waals surface area contributed by atoms with Crippen LogP contribution in [0.3, 0.4) is 0 Å². The Morgan fingerprint density at radius 3 is 2.35 bits per heavy atom. The van der Waals surface area contributed by atoms with Crippen LogP contribution in [0.15, 0.2) is 54.9 Å². The number of benzene rings is 1. The van der Waals surface area contributed by atoms with Crippen molar-refractivity contribution in [3.8, 4) is 0 Å². The van der Waals surface area contributed by atoms with Gasteiger partial charge < -0.3 is 9.80 Å². The first-order valence-electron chi connectivity index (χ1n) is 8.68. The van der Waals surface area contributed by atoms with Crippen LogP contribution in [0.25, 0.3) is 5.65 Å². The molecule has 3 aromatic rings. The average Bonchev–Trinajstić information content (AvgIpc) is 3.12. The molecule has 132 valence electrons. The van der Waals surface area contributed by atoms with Crippen molar-refractivity contribution in [1.82, 2.24) is 19.2 Å². The second-order valence-electron chi connectivity index (χ2n) is 6.57. The molecule has 1 aliphatic rings. The van der Waals surface area contributed by atoms with Crippen molar-refractivity contribution in [1.29, 1.82) is 0 Å². The van der Waals surface area contributed by atoms with E-state index in [0.717, 1.165) is 31.8 Å². The third-order valence-corrected chi connectivity index (χ3v) is 4.83. The Hall–Kier alpha value is -2.99. The number of aromatic nitrogens is 2. The highest BCUT2D eigenvalue weighted by molar-refractivity contribution is 6.08. The molecular formula is C20H20N4O2. The maximum atomic E-state index is 12.8. The molecule has 0 unspecified atom stereocenters. The first-order chi connectivity index (χ1) is 12.6. The second-order valence-corrected chi connectivity index (χ2v) is 6.57. The fraction of sp³-hybridized carbons (Fsp3) is 0.250. The van der Waals surface area contributed by atoms with Gasteiger partial charge in [0.05, 0.1) is 6.20 Å². The fourth-order valence-electron chi connectivity index (χ4n) is 3.20. The van der Waals surface area contributed by atoms with Gasteiger partial charge in [-0.25, -0.2) is 4.98 Å². The summed E-state index contributed by atoms with van der Waals surface area (Å²) in [4.78, 5) is 33.7. The standard InChI is InChI=1S/C20H20N4O2/c1-22-10-12-23(13-11-22)20(26)16-7-5-15(6-8-16)19(25)17-14-21-18-4-2-3-9-24(17)18/h2-9,14H,10-13H2,1H3. The number of hydrogen-bond donors (Lipinski definition) is 0. The molecule has 0 radical (unpaired) electrons. The number of hydrogen-bond acceptors (Lipinski definition) is 4. The van der Waals surface area contributed by atoms with Crippen molar-refractivity contribution in [3.63, 3.8) is 0 Å². The van der Waals surface area contributed by atoms with E-state index in [0.29, 0.717) is 16.8 Å². The minimum absolute atomic E-state index is 0.0203. The van der Waals surface area contributed by atoms with Gasteiger partial charge in [-0.15, -0.1) is 0 Å². The van der Waals surface area contributed by atoms with E-state index < -0.39 is 0 Å². The smallest absolute Gasteiger partial charge is 0.253 e. The lowest BCUT2D eigenvalue weighted by Crippen LogP contribution is -2.47. The molecule has 0 aliphatic carbocycles. The van der Waals surface area contributed by atoms with Crippen LogP contribution in [-0.4, -0.2) is 64.1 Å². The number of rotatable bonds is 3. The molecule has 0 N–H and O–H groups in total. The number of carbonyl (C=O) groups excluding carboxylic acids is 2. The number of ketones is 1. The molecule has 0 bridgehead atoms. The summed E-state index contributed by atoms with van der Waals surface area (Å²) in [5.41, 5.74) is 2.41. The Balaban J connectivity index is 1.54. The normalized spacial score (nSPS) is 15.3. The molecule has 1 aromatic carbocycles. The number of likely N-dealkylation sites (N-methyl/N-ethyl adjacent to an activating group) is 1. The largest absolute Gasteiger partial charge is 0.336 e. The summed E-state index contributed by atoms with van der Waals surface area (Å²) >= 11 is 0. The Morgan fingerprint density at radius 2 is 1.62 bits per heavy atom. The molecule has 0 spiro atoms. The highest BCUT2D eigenvalue weighted by Crippen LogP contribution is 2.15. The van der Waals surface area contributed by atoms with Gasteiger partial charge >= 0.3 is 0 Å². The zero-order chi connectivity index (χ0) is 18.1. The van der Waals surface area contributed by atoms with Crippen LogP contribution < -0.4 is 0 Å². The van der Waals surface area contributed by atoms with E-state index in [1.807, 2.05) is 29.3 Å². The van der Waals surface area contributed by atoms with Gasteiger partial charge in [-0.1, -0.05) is 18.2 Å². The van der Waals surface area contributed by atoms with Gasteiger partial charge in [0, 0.05) is 43.5 Å². The van der Waals surface area contributed by atoms with Crippen LogP contribution in [-0.2, 0) is 0 Å². The molecule has 6 nitrogen and oxygen atoms in total. The van der Waals surface area contributed by atoms with Gasteiger partial charge in [-0.3, -0.25) is 14.0 Å². The number of carbonyl (C=O) groups is 2. The van der Waals surface area contributed by atoms with Crippen molar-refractivity contribution in [2.45, 2.75) is 0 Å². The Labute approximate surface area is 151 Å². The van der Waals surface area contributed by atoms with Crippen molar-refractivity contribution in [2.75, 3.05) is 33.2 Å². The highest BCUT2D eigenvalue weighted by Gasteiger charge is 2.21. The van der Waals surface area contributed by atoms with Gasteiger partial charge in [0.1, 0.15) is 11.3 Å². The summed E-state index contributed by atoms with van der Waals surface area (Å²) in [5, 5.41) is 0. The van der Waals surface area contributed by atoms with Crippen LogP contribution in [0, 0.1) is 0 Å². The second kappa shape index (κ2) is 6.72. The van der Waals surface area contributed by atoms with E-state index in [1.54, 1.807) is 34.9 Å². The number of pyridine rings is 1. The molecule has 2 aromatic heterocycles. The molecule has 1 saturated heterocycles. The zero-order valence-corrected chi connectivity index (χ0v) is 14.6. The lowest BCUT2D eigenvalue weighted by Gasteiger charge is -2.32. The summed E-state index contributed by atoms with van der Waals surface area (Å²) in [6, 6.07) is 12.5. The highest BCUT2D eigenvalue weighted by atomic mass is 16.2. The zero-order valence-electron chi connectivity index (χ0n) is 14.6. The predicted octanol–water partition coefficient (Wildman–Crippen LogP) is 1.95. The van der Waals surface area contributed by atoms with E-state index in [-0.39, 0.29) is 11.7 Å². The molecule has 1 aliphatic heterocycles. The van der Waals surface area contributed by atoms with Crippen LogP contribution in [0.1, 0.15) is 26.4 Å². The van der Waals surface area contributed by atoms with Crippen molar-refractivity contribution in [3.05, 3.63) is 71.7 Å². The predicted molar refractivity (Wildman–Crippen MR) is 98.5 cm³/mol. The summed E-state index contributed by atoms with van der Waals surface area (Å²) < 4.78 is 1.77. The van der Waals surface area contributed by atoms with Gasteiger partial charge in [-0.05, 0) is 31.3 Å². The minimum atomic E-state index is -0.109. The number of fused-ring (bicyclic) bond motifs is 1. The molecule has 0 saturated carbocycles. The SMILES string of the molecule is CN1CCN(C(=O)c2ccc(C(=O)c3cnc4ccccn34)cc2)CC1. The quantitative estimate of drug-likeness (QED) is 0.679. The molecule has 6 heteroatoms. The van der Waals surface area contributed by atoms with Crippen molar-refractivity contribution < 1.29 is 9.59 Å². The van der Waals surface area contributed by atoms with Crippen LogP contribution in [0.5, 0.6) is 0 Å². The van der Waals surface area contributed by atoms with Crippen LogP contribution in [0.4, 0.5) is 0 Å². The van der Waals surface area contributed by atoms with Crippen molar-refractivity contribution in [2.24, 2.45) is 0 Å². The third kappa shape index (κ3) is 2.99. The molecule has 4 rings (SSSR count). The van der Waals surface area contributed by atoms with Gasteiger partial charge in [-0.2, -0.15) is 0 Å². The topological polar surface area (TPSA) is 57.9 Å². The molecule has 1 amide bonds.